The van der Waals surface area contributed by atoms with Gasteiger partial charge in [0.2, 0.25) is 5.88 Å². The molecule has 184 valence electrons. The molecule has 1 fully saturated rings. The van der Waals surface area contributed by atoms with Crippen molar-refractivity contribution in [2.24, 2.45) is 0 Å². The minimum atomic E-state index is -3.22. The van der Waals surface area contributed by atoms with Gasteiger partial charge in [-0.15, -0.1) is 0 Å². The monoisotopic (exact) mass is 495 g/mol. The van der Waals surface area contributed by atoms with Crippen LogP contribution in [0, 0.1) is 0 Å². The van der Waals surface area contributed by atoms with Gasteiger partial charge < -0.3 is 10.1 Å². The molecule has 3 aromatic rings. The Balaban J connectivity index is 1.44. The van der Waals surface area contributed by atoms with Crippen molar-refractivity contribution in [3.05, 3.63) is 66.0 Å². The van der Waals surface area contributed by atoms with E-state index in [2.05, 4.69) is 25.3 Å². The van der Waals surface area contributed by atoms with Gasteiger partial charge in [0.05, 0.1) is 41.2 Å². The van der Waals surface area contributed by atoms with Crippen LogP contribution in [0.15, 0.2) is 48.9 Å². The molecule has 0 aliphatic heterocycles. The van der Waals surface area contributed by atoms with E-state index in [1.807, 2.05) is 32.9 Å². The van der Waals surface area contributed by atoms with Gasteiger partial charge in [-0.3, -0.25) is 9.78 Å². The number of hydrogen-bond acceptors (Lipinski definition) is 8. The maximum Gasteiger partial charge on any atom is 0.251 e. The van der Waals surface area contributed by atoms with Gasteiger partial charge in [-0.25, -0.2) is 23.4 Å². The van der Waals surface area contributed by atoms with Gasteiger partial charge in [0.25, 0.3) is 5.91 Å². The summed E-state index contributed by atoms with van der Waals surface area (Å²) in [6, 6.07) is 8.40. The van der Waals surface area contributed by atoms with Gasteiger partial charge in [-0.05, 0) is 51.3 Å². The Morgan fingerprint density at radius 1 is 1.11 bits per heavy atom. The molecular formula is C25H29N5O4S. The highest BCUT2D eigenvalue weighted by molar-refractivity contribution is 7.91. The standard InChI is InChI=1S/C25H29N5O4S/c1-4-20(21-11-12-27-23(28-21)15-35(32,33)19-9-10-19)30-25(31)18-7-5-17(6-8-18)22-13-26-14-24(29-22)34-16(2)3/h5-8,11-14,16,19-20H,4,9-10,15H2,1-3H3,(H,30,31). The van der Waals surface area contributed by atoms with Crippen molar-refractivity contribution < 1.29 is 17.9 Å². The molecule has 0 saturated heterocycles. The number of rotatable bonds is 10. The number of carbonyl (C=O) groups excluding carboxylic acids is 1. The van der Waals surface area contributed by atoms with Crippen molar-refractivity contribution in [2.75, 3.05) is 0 Å². The summed E-state index contributed by atoms with van der Waals surface area (Å²) >= 11 is 0. The second-order valence-electron chi connectivity index (χ2n) is 8.83. The van der Waals surface area contributed by atoms with Crippen LogP contribution in [-0.4, -0.2) is 45.6 Å². The van der Waals surface area contributed by atoms with E-state index in [-0.39, 0.29) is 34.9 Å². The summed E-state index contributed by atoms with van der Waals surface area (Å²) in [5, 5.41) is 2.72. The molecule has 1 saturated carbocycles. The number of amides is 1. The largest absolute Gasteiger partial charge is 0.474 e. The molecule has 0 radical (unpaired) electrons. The third kappa shape index (κ3) is 6.39. The van der Waals surface area contributed by atoms with Gasteiger partial charge in [0.15, 0.2) is 9.84 Å². The molecule has 1 aliphatic rings. The van der Waals surface area contributed by atoms with Crippen LogP contribution in [-0.2, 0) is 15.6 Å². The lowest BCUT2D eigenvalue weighted by atomic mass is 10.1. The highest BCUT2D eigenvalue weighted by Gasteiger charge is 2.36. The van der Waals surface area contributed by atoms with E-state index in [4.69, 9.17) is 4.74 Å². The minimum Gasteiger partial charge on any atom is -0.474 e. The summed E-state index contributed by atoms with van der Waals surface area (Å²) in [6.07, 6.45) is 6.75. The molecule has 2 aromatic heterocycles. The number of nitrogens with one attached hydrogen (secondary N) is 1. The molecule has 1 atom stereocenters. The van der Waals surface area contributed by atoms with Crippen molar-refractivity contribution in [3.8, 4) is 17.1 Å². The molecular weight excluding hydrogens is 466 g/mol. The Bertz CT molecular complexity index is 1290. The van der Waals surface area contributed by atoms with Crippen LogP contribution in [0.25, 0.3) is 11.3 Å². The Hall–Kier alpha value is -3.40. The zero-order valence-electron chi connectivity index (χ0n) is 20.0. The van der Waals surface area contributed by atoms with Crippen LogP contribution < -0.4 is 10.1 Å². The van der Waals surface area contributed by atoms with Crippen LogP contribution >= 0.6 is 0 Å². The van der Waals surface area contributed by atoms with E-state index in [0.717, 1.165) is 5.56 Å². The lowest BCUT2D eigenvalue weighted by molar-refractivity contribution is 0.0934. The van der Waals surface area contributed by atoms with Gasteiger partial charge in [0.1, 0.15) is 11.6 Å². The van der Waals surface area contributed by atoms with Crippen molar-refractivity contribution in [1.82, 2.24) is 25.3 Å². The summed E-state index contributed by atoms with van der Waals surface area (Å²) in [6.45, 7) is 5.77. The molecule has 9 nitrogen and oxygen atoms in total. The highest BCUT2D eigenvalue weighted by Crippen LogP contribution is 2.30. The summed E-state index contributed by atoms with van der Waals surface area (Å²) in [7, 11) is -3.22. The van der Waals surface area contributed by atoms with E-state index in [1.54, 1.807) is 36.8 Å². The first-order valence-electron chi connectivity index (χ1n) is 11.7. The quantitative estimate of drug-likeness (QED) is 0.452. The number of sulfone groups is 1. The van der Waals surface area contributed by atoms with Crippen LogP contribution in [0.5, 0.6) is 5.88 Å². The summed E-state index contributed by atoms with van der Waals surface area (Å²) in [4.78, 5) is 30.1. The van der Waals surface area contributed by atoms with E-state index in [9.17, 15) is 13.2 Å². The molecule has 35 heavy (non-hydrogen) atoms. The number of nitrogens with zero attached hydrogens (tertiary/aromatic N) is 4. The summed E-state index contributed by atoms with van der Waals surface area (Å²) in [5.41, 5.74) is 2.54. The second-order valence-corrected chi connectivity index (χ2v) is 11.1. The highest BCUT2D eigenvalue weighted by atomic mass is 32.2. The van der Waals surface area contributed by atoms with Crippen molar-refractivity contribution in [1.29, 1.82) is 0 Å². The zero-order chi connectivity index (χ0) is 25.0. The van der Waals surface area contributed by atoms with Crippen LogP contribution in [0.2, 0.25) is 0 Å². The summed E-state index contributed by atoms with van der Waals surface area (Å²) in [5.74, 6) is 0.275. The Kier molecular flexibility index (Phi) is 7.39. The number of hydrogen-bond donors (Lipinski definition) is 1. The van der Waals surface area contributed by atoms with E-state index >= 15 is 0 Å². The molecule has 4 rings (SSSR count). The smallest absolute Gasteiger partial charge is 0.251 e. The maximum atomic E-state index is 12.9. The first-order chi connectivity index (χ1) is 16.7. The Morgan fingerprint density at radius 3 is 2.51 bits per heavy atom. The number of aromatic nitrogens is 4. The normalized spacial score (nSPS) is 14.5. The second kappa shape index (κ2) is 10.5. The molecule has 1 aliphatic carbocycles. The summed E-state index contributed by atoms with van der Waals surface area (Å²) < 4.78 is 30.2. The van der Waals surface area contributed by atoms with E-state index in [1.165, 1.54) is 0 Å². The number of benzene rings is 1. The fraction of sp³-hybridized carbons (Fsp3) is 0.400. The van der Waals surface area contributed by atoms with Gasteiger partial charge in [-0.1, -0.05) is 19.1 Å². The van der Waals surface area contributed by atoms with Crippen LogP contribution in [0.1, 0.15) is 68.0 Å². The average molecular weight is 496 g/mol. The SMILES string of the molecule is CCC(NC(=O)c1ccc(-c2cncc(OC(C)C)n2)cc1)c1ccnc(CS(=O)(=O)C2CC2)n1. The minimum absolute atomic E-state index is 0.00861. The lowest BCUT2D eigenvalue weighted by Crippen LogP contribution is -2.29. The Labute approximate surface area is 205 Å². The van der Waals surface area contributed by atoms with Crippen LogP contribution in [0.3, 0.4) is 0 Å². The number of ether oxygens (including phenoxy) is 1. The van der Waals surface area contributed by atoms with Crippen molar-refractivity contribution >= 4 is 15.7 Å². The van der Waals surface area contributed by atoms with Gasteiger partial charge >= 0.3 is 0 Å². The van der Waals surface area contributed by atoms with E-state index in [0.29, 0.717) is 42.1 Å². The van der Waals surface area contributed by atoms with E-state index < -0.39 is 9.84 Å². The maximum absolute atomic E-state index is 12.9. The first-order valence-corrected chi connectivity index (χ1v) is 13.4. The lowest BCUT2D eigenvalue weighted by Gasteiger charge is -2.17. The predicted octanol–water partition coefficient (Wildman–Crippen LogP) is 3.68. The third-order valence-corrected chi connectivity index (χ3v) is 7.72. The molecule has 10 heteroatoms. The molecule has 1 N–H and O–H groups in total. The molecule has 1 unspecified atom stereocenters. The zero-order valence-corrected chi connectivity index (χ0v) is 20.8. The molecule has 0 spiro atoms. The molecule has 1 aromatic carbocycles. The average Bonchev–Trinajstić information content (AvgIpc) is 3.69. The molecule has 0 bridgehead atoms. The molecule has 1 amide bonds. The first kappa shape index (κ1) is 24.7. The third-order valence-electron chi connectivity index (χ3n) is 5.57. The molecule has 2 heterocycles. The van der Waals surface area contributed by atoms with Crippen molar-refractivity contribution in [3.63, 3.8) is 0 Å². The van der Waals surface area contributed by atoms with Gasteiger partial charge in [-0.2, -0.15) is 0 Å². The van der Waals surface area contributed by atoms with Crippen molar-refractivity contribution in [2.45, 2.75) is 63.2 Å². The predicted molar refractivity (Wildman–Crippen MR) is 131 cm³/mol. The fourth-order valence-electron chi connectivity index (χ4n) is 3.61. The van der Waals surface area contributed by atoms with Gasteiger partial charge in [0, 0.05) is 17.3 Å². The topological polar surface area (TPSA) is 124 Å². The number of carbonyl (C=O) groups is 1. The Morgan fingerprint density at radius 2 is 1.86 bits per heavy atom. The fourth-order valence-corrected chi connectivity index (χ4v) is 5.20. The van der Waals surface area contributed by atoms with Crippen LogP contribution in [0.4, 0.5) is 0 Å².